The van der Waals surface area contributed by atoms with E-state index in [1.165, 1.54) is 6.42 Å². The molecule has 1 aliphatic rings. The molecule has 3 aromatic rings. The molecule has 6 heteroatoms. The molecule has 1 fully saturated rings. The molecule has 1 saturated heterocycles. The zero-order valence-electron chi connectivity index (χ0n) is 11.3. The van der Waals surface area contributed by atoms with Gasteiger partial charge in [-0.1, -0.05) is 28.1 Å². The molecule has 3 heterocycles. The zero-order chi connectivity index (χ0) is 14.2. The Bertz CT molecular complexity index is 774. The maximum Gasteiger partial charge on any atom is 0.178 e. The highest BCUT2D eigenvalue weighted by atomic mass is 79.9. The van der Waals surface area contributed by atoms with Crippen LogP contribution in [0.3, 0.4) is 0 Å². The van der Waals surface area contributed by atoms with Crippen LogP contribution in [0.25, 0.3) is 16.9 Å². The lowest BCUT2D eigenvalue weighted by molar-refractivity contribution is 0.585. The van der Waals surface area contributed by atoms with Crippen molar-refractivity contribution in [3.63, 3.8) is 0 Å². The average Bonchev–Trinajstić information content (AvgIpc) is 3.16. The van der Waals surface area contributed by atoms with Crippen LogP contribution >= 0.6 is 15.9 Å². The third-order valence-corrected chi connectivity index (χ3v) is 4.33. The molecule has 21 heavy (non-hydrogen) atoms. The second-order valence-corrected chi connectivity index (χ2v) is 6.12. The van der Waals surface area contributed by atoms with E-state index < -0.39 is 0 Å². The highest BCUT2D eigenvalue weighted by molar-refractivity contribution is 9.10. The smallest absolute Gasteiger partial charge is 0.178 e. The van der Waals surface area contributed by atoms with Gasteiger partial charge in [-0.2, -0.15) is 9.61 Å². The third kappa shape index (κ3) is 2.34. The molecule has 0 unspecified atom stereocenters. The van der Waals surface area contributed by atoms with Gasteiger partial charge >= 0.3 is 0 Å². The Kier molecular flexibility index (Phi) is 3.20. The van der Waals surface area contributed by atoms with Crippen molar-refractivity contribution in [1.29, 1.82) is 0 Å². The van der Waals surface area contributed by atoms with Gasteiger partial charge in [-0.3, -0.25) is 0 Å². The molecule has 5 nitrogen and oxygen atoms in total. The van der Waals surface area contributed by atoms with Gasteiger partial charge in [0.05, 0.1) is 11.7 Å². The quantitative estimate of drug-likeness (QED) is 0.777. The largest absolute Gasteiger partial charge is 0.307 e. The van der Waals surface area contributed by atoms with Gasteiger partial charge in [-0.15, -0.1) is 10.2 Å². The molecule has 4 rings (SSSR count). The number of benzene rings is 1. The maximum absolute atomic E-state index is 4.72. The SMILES string of the molecule is Brc1ccc(-c2ccc3nnc([C@@H]4CCCN4)n3n2)cc1. The summed E-state index contributed by atoms with van der Waals surface area (Å²) in [6.07, 6.45) is 2.26. The first-order chi connectivity index (χ1) is 10.3. The molecule has 0 aliphatic carbocycles. The third-order valence-electron chi connectivity index (χ3n) is 3.80. The zero-order valence-corrected chi connectivity index (χ0v) is 12.9. The molecule has 1 atom stereocenters. The van der Waals surface area contributed by atoms with Crippen molar-refractivity contribution in [2.75, 3.05) is 6.54 Å². The number of nitrogens with zero attached hydrogens (tertiary/aromatic N) is 4. The van der Waals surface area contributed by atoms with E-state index in [1.54, 1.807) is 0 Å². The van der Waals surface area contributed by atoms with Crippen molar-refractivity contribution in [3.8, 4) is 11.3 Å². The van der Waals surface area contributed by atoms with E-state index in [-0.39, 0.29) is 6.04 Å². The van der Waals surface area contributed by atoms with Crippen LogP contribution in [-0.2, 0) is 0 Å². The first kappa shape index (κ1) is 12.9. The van der Waals surface area contributed by atoms with Gasteiger partial charge in [-0.05, 0) is 43.7 Å². The van der Waals surface area contributed by atoms with Gasteiger partial charge in [0, 0.05) is 10.0 Å². The van der Waals surface area contributed by atoms with Crippen molar-refractivity contribution in [1.82, 2.24) is 25.1 Å². The van der Waals surface area contributed by atoms with Crippen LogP contribution in [0.4, 0.5) is 0 Å². The number of hydrogen-bond acceptors (Lipinski definition) is 4. The Morgan fingerprint density at radius 1 is 1.10 bits per heavy atom. The van der Waals surface area contributed by atoms with Crippen LogP contribution in [0.2, 0.25) is 0 Å². The number of rotatable bonds is 2. The van der Waals surface area contributed by atoms with E-state index in [1.807, 2.05) is 28.8 Å². The van der Waals surface area contributed by atoms with Gasteiger partial charge < -0.3 is 5.32 Å². The number of aromatic nitrogens is 4. The van der Waals surface area contributed by atoms with E-state index >= 15 is 0 Å². The van der Waals surface area contributed by atoms with Gasteiger partial charge in [0.1, 0.15) is 0 Å². The normalized spacial score (nSPS) is 18.4. The van der Waals surface area contributed by atoms with Gasteiger partial charge in [0.2, 0.25) is 0 Å². The second kappa shape index (κ2) is 5.20. The van der Waals surface area contributed by atoms with Gasteiger partial charge in [-0.25, -0.2) is 0 Å². The van der Waals surface area contributed by atoms with E-state index in [0.717, 1.165) is 40.2 Å². The standard InChI is InChI=1S/C15H14BrN5/c16-11-5-3-10(4-6-11)12-7-8-14-18-19-15(21(14)20-12)13-2-1-9-17-13/h3-8,13,17H,1-2,9H2/t13-/m0/s1. The summed E-state index contributed by atoms with van der Waals surface area (Å²) in [6, 6.07) is 12.4. The summed E-state index contributed by atoms with van der Waals surface area (Å²) in [4.78, 5) is 0. The van der Waals surface area contributed by atoms with Crippen molar-refractivity contribution in [2.24, 2.45) is 0 Å². The van der Waals surface area contributed by atoms with E-state index in [4.69, 9.17) is 5.10 Å². The molecule has 106 valence electrons. The molecule has 0 spiro atoms. The van der Waals surface area contributed by atoms with E-state index in [0.29, 0.717) is 0 Å². The first-order valence-corrected chi connectivity index (χ1v) is 7.82. The van der Waals surface area contributed by atoms with E-state index in [2.05, 4.69) is 43.6 Å². The molecule has 1 aromatic carbocycles. The Morgan fingerprint density at radius 3 is 2.71 bits per heavy atom. The van der Waals surface area contributed by atoms with E-state index in [9.17, 15) is 0 Å². The average molecular weight is 344 g/mol. The minimum atomic E-state index is 0.257. The minimum Gasteiger partial charge on any atom is -0.307 e. The monoisotopic (exact) mass is 343 g/mol. The van der Waals surface area contributed by atoms with Crippen LogP contribution in [0.1, 0.15) is 24.7 Å². The summed E-state index contributed by atoms with van der Waals surface area (Å²) < 4.78 is 2.92. The summed E-state index contributed by atoms with van der Waals surface area (Å²) in [6.45, 7) is 1.03. The first-order valence-electron chi connectivity index (χ1n) is 7.03. The summed E-state index contributed by atoms with van der Waals surface area (Å²) in [5, 5.41) is 16.7. The molecule has 0 saturated carbocycles. The van der Waals surface area contributed by atoms with Crippen LogP contribution < -0.4 is 5.32 Å². The fraction of sp³-hybridized carbons (Fsp3) is 0.267. The summed E-state index contributed by atoms with van der Waals surface area (Å²) >= 11 is 3.45. The predicted molar refractivity (Wildman–Crippen MR) is 83.9 cm³/mol. The lowest BCUT2D eigenvalue weighted by Gasteiger charge is -2.08. The second-order valence-electron chi connectivity index (χ2n) is 5.20. The molecule has 1 N–H and O–H groups in total. The molecule has 2 aromatic heterocycles. The minimum absolute atomic E-state index is 0.257. The molecular weight excluding hydrogens is 330 g/mol. The molecule has 1 aliphatic heterocycles. The number of fused-ring (bicyclic) bond motifs is 1. The number of hydrogen-bond donors (Lipinski definition) is 1. The Morgan fingerprint density at radius 2 is 1.95 bits per heavy atom. The molecule has 0 amide bonds. The fourth-order valence-electron chi connectivity index (χ4n) is 2.70. The van der Waals surface area contributed by atoms with Crippen LogP contribution in [0.5, 0.6) is 0 Å². The molecule has 0 bridgehead atoms. The lowest BCUT2D eigenvalue weighted by Crippen LogP contribution is -2.16. The Labute approximate surface area is 130 Å². The summed E-state index contributed by atoms with van der Waals surface area (Å²) in [5.74, 6) is 0.904. The number of nitrogens with one attached hydrogen (secondary N) is 1. The summed E-state index contributed by atoms with van der Waals surface area (Å²) in [5.41, 5.74) is 2.80. The molecular formula is C15H14BrN5. The topological polar surface area (TPSA) is 55.1 Å². The van der Waals surface area contributed by atoms with Crippen LogP contribution in [0, 0.1) is 0 Å². The van der Waals surface area contributed by atoms with Gasteiger partial charge in [0.25, 0.3) is 0 Å². The molecule has 0 radical (unpaired) electrons. The van der Waals surface area contributed by atoms with Crippen molar-refractivity contribution in [3.05, 3.63) is 46.7 Å². The van der Waals surface area contributed by atoms with Gasteiger partial charge in [0.15, 0.2) is 11.5 Å². The van der Waals surface area contributed by atoms with Crippen LogP contribution in [-0.4, -0.2) is 26.4 Å². The van der Waals surface area contributed by atoms with Crippen molar-refractivity contribution >= 4 is 21.6 Å². The maximum atomic E-state index is 4.72. The summed E-state index contributed by atoms with van der Waals surface area (Å²) in [7, 11) is 0. The van der Waals surface area contributed by atoms with Crippen molar-refractivity contribution in [2.45, 2.75) is 18.9 Å². The Hall–Kier alpha value is -1.79. The fourth-order valence-corrected chi connectivity index (χ4v) is 2.97. The predicted octanol–water partition coefficient (Wildman–Crippen LogP) is 2.98. The number of halogens is 1. The van der Waals surface area contributed by atoms with Crippen LogP contribution in [0.15, 0.2) is 40.9 Å². The Balaban J connectivity index is 1.80. The van der Waals surface area contributed by atoms with Crippen molar-refractivity contribution < 1.29 is 0 Å². The highest BCUT2D eigenvalue weighted by Crippen LogP contribution is 2.24. The lowest BCUT2D eigenvalue weighted by atomic mass is 10.1. The highest BCUT2D eigenvalue weighted by Gasteiger charge is 2.22.